The number of rotatable bonds is 4. The molecule has 0 amide bonds. The molecule has 0 atom stereocenters. The van der Waals surface area contributed by atoms with Crippen LogP contribution in [0.4, 0.5) is 0 Å². The van der Waals surface area contributed by atoms with Gasteiger partial charge in [-0.1, -0.05) is 212 Å². The summed E-state index contributed by atoms with van der Waals surface area (Å²) >= 11 is 0. The Morgan fingerprint density at radius 1 is 0.231 bits per heavy atom. The molecule has 1 heterocycles. The average molecular weight is 824 g/mol. The van der Waals surface area contributed by atoms with Crippen molar-refractivity contribution in [3.05, 3.63) is 247 Å². The predicted molar refractivity (Wildman–Crippen MR) is 268 cm³/mol. The maximum absolute atomic E-state index is 5.31. The molecule has 0 aliphatic heterocycles. The first kappa shape index (κ1) is 36.0. The Kier molecular flexibility index (Phi) is 7.61. The van der Waals surface area contributed by atoms with E-state index in [1.54, 1.807) is 0 Å². The number of benzene rings is 11. The van der Waals surface area contributed by atoms with Gasteiger partial charge in [-0.05, 0) is 111 Å². The summed E-state index contributed by atoms with van der Waals surface area (Å²) < 4.78 is 0. The minimum Gasteiger partial charge on any atom is -0.208 e. The number of fused-ring (bicyclic) bond motifs is 18. The molecule has 0 N–H and O–H groups in total. The second-order valence-electron chi connectivity index (χ2n) is 17.4. The van der Waals surface area contributed by atoms with Crippen LogP contribution in [-0.2, 0) is 5.41 Å². The minimum absolute atomic E-state index is 0.463. The van der Waals surface area contributed by atoms with E-state index in [-0.39, 0.29) is 0 Å². The van der Waals surface area contributed by atoms with Gasteiger partial charge in [0.1, 0.15) is 0 Å². The second-order valence-corrected chi connectivity index (χ2v) is 17.4. The van der Waals surface area contributed by atoms with E-state index in [1.807, 2.05) is 18.2 Å². The highest BCUT2D eigenvalue weighted by Crippen LogP contribution is 2.63. The Morgan fingerprint density at radius 2 is 0.615 bits per heavy atom. The van der Waals surface area contributed by atoms with Crippen LogP contribution in [0.5, 0.6) is 0 Å². The van der Waals surface area contributed by atoms with Crippen LogP contribution in [0, 0.1) is 0 Å². The molecule has 0 saturated carbocycles. The molecule has 2 aliphatic carbocycles. The summed E-state index contributed by atoms with van der Waals surface area (Å²) in [7, 11) is 0. The highest BCUT2D eigenvalue weighted by atomic mass is 15.0. The van der Waals surface area contributed by atoms with Crippen molar-refractivity contribution in [1.29, 1.82) is 0 Å². The summed E-state index contributed by atoms with van der Waals surface area (Å²) in [6.45, 7) is 0. The van der Waals surface area contributed by atoms with Gasteiger partial charge in [-0.25, -0.2) is 15.0 Å². The van der Waals surface area contributed by atoms with E-state index in [1.165, 1.54) is 93.2 Å². The summed E-state index contributed by atoms with van der Waals surface area (Å²) in [5.41, 5.74) is 15.0. The first-order valence-electron chi connectivity index (χ1n) is 22.4. The van der Waals surface area contributed by atoms with Crippen LogP contribution in [0.15, 0.2) is 224 Å². The van der Waals surface area contributed by atoms with E-state index in [9.17, 15) is 0 Å². The second kappa shape index (κ2) is 13.7. The monoisotopic (exact) mass is 823 g/mol. The third-order valence-electron chi connectivity index (χ3n) is 14.1. The van der Waals surface area contributed by atoms with Crippen molar-refractivity contribution in [1.82, 2.24) is 15.0 Å². The lowest BCUT2D eigenvalue weighted by Gasteiger charge is -2.30. The third kappa shape index (κ3) is 5.09. The van der Waals surface area contributed by atoms with Crippen LogP contribution in [0.25, 0.3) is 111 Å². The van der Waals surface area contributed by atoms with Gasteiger partial charge in [0.05, 0.1) is 5.41 Å². The zero-order valence-corrected chi connectivity index (χ0v) is 35.2. The van der Waals surface area contributed by atoms with Gasteiger partial charge in [0.15, 0.2) is 17.5 Å². The maximum Gasteiger partial charge on any atom is 0.164 e. The van der Waals surface area contributed by atoms with Crippen molar-refractivity contribution >= 4 is 43.1 Å². The summed E-state index contributed by atoms with van der Waals surface area (Å²) in [6, 6.07) is 81.5. The van der Waals surface area contributed by atoms with Crippen molar-refractivity contribution in [3.63, 3.8) is 0 Å². The molecule has 65 heavy (non-hydrogen) atoms. The fourth-order valence-electron chi connectivity index (χ4n) is 11.4. The molecule has 3 heteroatoms. The van der Waals surface area contributed by atoms with Crippen molar-refractivity contribution in [2.45, 2.75) is 5.41 Å². The lowest BCUT2D eigenvalue weighted by atomic mass is 9.70. The molecule has 0 saturated heterocycles. The highest BCUT2D eigenvalue weighted by Gasteiger charge is 2.51. The number of aromatic nitrogens is 3. The standard InChI is InChI=1S/C62H37N3/c1-2-16-39(17-3-1)59-63-60(40-32-30-38(31-33-40)52-37-53-44-20-5-4-18-42(44)43-19-6-8-25-50(43)58(53)51-26-9-7-21-45(51)52)65-61(64-59)41-34-35-49-48-24-12-15-29-56(48)62(57(49)36-41)54-27-13-10-22-46(54)47-23-11-14-28-55(47)62/h1-37H. The first-order chi connectivity index (χ1) is 32.2. The van der Waals surface area contributed by atoms with Crippen molar-refractivity contribution < 1.29 is 0 Å². The van der Waals surface area contributed by atoms with Gasteiger partial charge < -0.3 is 0 Å². The van der Waals surface area contributed by atoms with Crippen molar-refractivity contribution in [2.24, 2.45) is 0 Å². The molecule has 300 valence electrons. The lowest BCUT2D eigenvalue weighted by Crippen LogP contribution is -2.25. The van der Waals surface area contributed by atoms with E-state index in [2.05, 4.69) is 206 Å². The molecule has 0 unspecified atom stereocenters. The third-order valence-corrected chi connectivity index (χ3v) is 14.1. The fourth-order valence-corrected chi connectivity index (χ4v) is 11.4. The van der Waals surface area contributed by atoms with Gasteiger partial charge in [-0.15, -0.1) is 0 Å². The zero-order valence-electron chi connectivity index (χ0n) is 35.2. The van der Waals surface area contributed by atoms with Gasteiger partial charge in [-0.3, -0.25) is 0 Å². The molecule has 0 fully saturated rings. The van der Waals surface area contributed by atoms with Crippen LogP contribution < -0.4 is 0 Å². The number of hydrogen-bond donors (Lipinski definition) is 0. The summed E-state index contributed by atoms with van der Waals surface area (Å²) in [5.74, 6) is 1.92. The largest absolute Gasteiger partial charge is 0.208 e. The first-order valence-corrected chi connectivity index (χ1v) is 22.4. The molecule has 0 bridgehead atoms. The minimum atomic E-state index is -0.463. The van der Waals surface area contributed by atoms with Crippen LogP contribution in [0.1, 0.15) is 22.3 Å². The quantitative estimate of drug-likeness (QED) is 0.166. The van der Waals surface area contributed by atoms with Crippen molar-refractivity contribution in [3.8, 4) is 67.5 Å². The highest BCUT2D eigenvalue weighted by molar-refractivity contribution is 6.33. The summed E-state index contributed by atoms with van der Waals surface area (Å²) in [4.78, 5) is 15.7. The SMILES string of the molecule is c1ccc(-c2nc(-c3ccc(-c4cc5c6ccccc6c6ccccc6c5c5ccccc45)cc3)nc(-c3ccc4c(c3)C3(c5ccccc5-c5ccccc53)c3ccccc3-4)n2)cc1. The van der Waals surface area contributed by atoms with E-state index in [4.69, 9.17) is 15.0 Å². The van der Waals surface area contributed by atoms with E-state index in [0.29, 0.717) is 17.5 Å². The summed E-state index contributed by atoms with van der Waals surface area (Å²) in [6.07, 6.45) is 0. The molecular weight excluding hydrogens is 787 g/mol. The smallest absolute Gasteiger partial charge is 0.164 e. The number of nitrogens with zero attached hydrogens (tertiary/aromatic N) is 3. The van der Waals surface area contributed by atoms with Gasteiger partial charge in [0.25, 0.3) is 0 Å². The van der Waals surface area contributed by atoms with Crippen LogP contribution in [0.2, 0.25) is 0 Å². The average Bonchev–Trinajstić information content (AvgIpc) is 3.86. The molecule has 14 rings (SSSR count). The Morgan fingerprint density at radius 3 is 1.20 bits per heavy atom. The topological polar surface area (TPSA) is 38.7 Å². The van der Waals surface area contributed by atoms with Crippen molar-refractivity contribution in [2.75, 3.05) is 0 Å². The lowest BCUT2D eigenvalue weighted by molar-refractivity contribution is 0.794. The van der Waals surface area contributed by atoms with Gasteiger partial charge >= 0.3 is 0 Å². The molecule has 3 nitrogen and oxygen atoms in total. The molecular formula is C62H37N3. The van der Waals surface area contributed by atoms with Gasteiger partial charge in [-0.2, -0.15) is 0 Å². The van der Waals surface area contributed by atoms with Gasteiger partial charge in [0, 0.05) is 16.7 Å². The summed E-state index contributed by atoms with van der Waals surface area (Å²) in [5, 5.41) is 10.1. The van der Waals surface area contributed by atoms with Crippen LogP contribution >= 0.6 is 0 Å². The molecule has 0 radical (unpaired) electrons. The molecule has 12 aromatic rings. The van der Waals surface area contributed by atoms with Crippen LogP contribution in [0.3, 0.4) is 0 Å². The zero-order chi connectivity index (χ0) is 42.6. The predicted octanol–water partition coefficient (Wildman–Crippen LogP) is 15.5. The maximum atomic E-state index is 5.31. The van der Waals surface area contributed by atoms with Gasteiger partial charge in [0.2, 0.25) is 0 Å². The van der Waals surface area contributed by atoms with E-state index in [0.717, 1.165) is 22.3 Å². The molecule has 1 spiro atoms. The number of hydrogen-bond acceptors (Lipinski definition) is 3. The molecule has 2 aliphatic rings. The Balaban J connectivity index is 0.940. The Labute approximate surface area is 376 Å². The fraction of sp³-hybridized carbons (Fsp3) is 0.0161. The Bertz CT molecular complexity index is 3880. The van der Waals surface area contributed by atoms with E-state index >= 15 is 0 Å². The molecule has 1 aromatic heterocycles. The normalized spacial score (nSPS) is 13.0. The molecule has 11 aromatic carbocycles. The van der Waals surface area contributed by atoms with E-state index < -0.39 is 5.41 Å². The van der Waals surface area contributed by atoms with Crippen LogP contribution in [-0.4, -0.2) is 15.0 Å². The Hall–Kier alpha value is -8.53.